The quantitative estimate of drug-likeness (QED) is 0.0269. The minimum atomic E-state index is -0.764. The van der Waals surface area contributed by atoms with Crippen LogP contribution in [0.2, 0.25) is 0 Å². The lowest BCUT2D eigenvalue weighted by Crippen LogP contribution is -2.30. The highest BCUT2D eigenvalue weighted by Crippen LogP contribution is 2.15. The summed E-state index contributed by atoms with van der Waals surface area (Å²) >= 11 is 0. The minimum Gasteiger partial charge on any atom is -0.462 e. The molecule has 0 aliphatic rings. The summed E-state index contributed by atoms with van der Waals surface area (Å²) in [5.74, 6) is -0.885. The van der Waals surface area contributed by atoms with E-state index in [0.29, 0.717) is 19.3 Å². The maximum Gasteiger partial charge on any atom is 0.306 e. The van der Waals surface area contributed by atoms with Crippen molar-refractivity contribution in [1.29, 1.82) is 0 Å². The fourth-order valence-corrected chi connectivity index (χ4v) is 6.55. The van der Waals surface area contributed by atoms with Gasteiger partial charge in [0.2, 0.25) is 0 Å². The van der Waals surface area contributed by atoms with E-state index >= 15 is 0 Å². The fourth-order valence-electron chi connectivity index (χ4n) is 6.55. The van der Waals surface area contributed by atoms with Gasteiger partial charge in [-0.25, -0.2) is 0 Å². The van der Waals surface area contributed by atoms with Crippen LogP contribution >= 0.6 is 0 Å². The number of carbonyl (C=O) groups is 3. The largest absolute Gasteiger partial charge is 0.462 e. The average Bonchev–Trinajstić information content (AvgIpc) is 3.14. The van der Waals surface area contributed by atoms with Gasteiger partial charge in [0, 0.05) is 19.3 Å². The maximum atomic E-state index is 12.6. The highest BCUT2D eigenvalue weighted by molar-refractivity contribution is 5.71. The third kappa shape index (κ3) is 39.4. The first kappa shape index (κ1) is 50.1. The van der Waals surface area contributed by atoms with Crippen molar-refractivity contribution in [1.82, 2.24) is 0 Å². The summed E-state index contributed by atoms with van der Waals surface area (Å²) in [5.41, 5.74) is 0. The van der Waals surface area contributed by atoms with Crippen LogP contribution in [0.5, 0.6) is 0 Å². The van der Waals surface area contributed by atoms with Crippen LogP contribution in [0, 0.1) is 0 Å². The Balaban J connectivity index is 4.19. The molecule has 6 heteroatoms. The molecule has 0 amide bonds. The van der Waals surface area contributed by atoms with Gasteiger partial charge in [-0.05, 0) is 44.9 Å². The molecule has 0 radical (unpaired) electrons. The maximum absolute atomic E-state index is 12.6. The zero-order valence-electron chi connectivity index (χ0n) is 34.8. The Morgan fingerprint density at radius 2 is 0.635 bits per heavy atom. The van der Waals surface area contributed by atoms with Crippen LogP contribution in [0.15, 0.2) is 12.2 Å². The lowest BCUT2D eigenvalue weighted by Gasteiger charge is -2.18. The van der Waals surface area contributed by atoms with Gasteiger partial charge in [-0.1, -0.05) is 193 Å². The number of esters is 3. The Morgan fingerprint density at radius 1 is 0.365 bits per heavy atom. The van der Waals surface area contributed by atoms with Crippen LogP contribution in [-0.4, -0.2) is 37.2 Å². The van der Waals surface area contributed by atoms with Crippen LogP contribution in [-0.2, 0) is 28.6 Å². The lowest BCUT2D eigenvalue weighted by atomic mass is 10.0. The molecule has 0 aliphatic carbocycles. The molecular weight excluding hydrogens is 648 g/mol. The zero-order chi connectivity index (χ0) is 38.0. The molecule has 52 heavy (non-hydrogen) atoms. The van der Waals surface area contributed by atoms with Crippen LogP contribution in [0.25, 0.3) is 0 Å². The summed E-state index contributed by atoms with van der Waals surface area (Å²) in [6, 6.07) is 0. The van der Waals surface area contributed by atoms with Gasteiger partial charge >= 0.3 is 17.9 Å². The Morgan fingerprint density at radius 3 is 0.981 bits per heavy atom. The number of allylic oxidation sites excluding steroid dienone is 2. The van der Waals surface area contributed by atoms with Crippen molar-refractivity contribution in [2.24, 2.45) is 0 Å². The third-order valence-corrected chi connectivity index (χ3v) is 10.0. The van der Waals surface area contributed by atoms with E-state index in [2.05, 4.69) is 32.9 Å². The number of carbonyl (C=O) groups excluding carboxylic acids is 3. The summed E-state index contributed by atoms with van der Waals surface area (Å²) in [6.45, 7) is 6.54. The van der Waals surface area contributed by atoms with Gasteiger partial charge in [-0.3, -0.25) is 14.4 Å². The van der Waals surface area contributed by atoms with Crippen molar-refractivity contribution in [3.8, 4) is 0 Å². The molecule has 0 fully saturated rings. The first-order valence-electron chi connectivity index (χ1n) is 22.7. The predicted octanol–water partition coefficient (Wildman–Crippen LogP) is 14.3. The normalized spacial score (nSPS) is 12.0. The van der Waals surface area contributed by atoms with Gasteiger partial charge in [-0.2, -0.15) is 0 Å². The van der Waals surface area contributed by atoms with Crippen LogP contribution in [0.4, 0.5) is 0 Å². The standard InChI is InChI=1S/C46H86O6/c1-4-7-10-13-15-17-19-21-22-23-25-26-28-30-33-36-39-45(48)51-42-43(41-50-44(47)38-35-32-12-9-6-3)52-46(49)40-37-34-31-29-27-24-20-18-16-14-11-8-5-2/h18,20,43H,4-17,19,21-42H2,1-3H3/b20-18-. The van der Waals surface area contributed by atoms with Crippen molar-refractivity contribution in [3.63, 3.8) is 0 Å². The van der Waals surface area contributed by atoms with E-state index in [-0.39, 0.29) is 31.1 Å². The number of unbranched alkanes of at least 4 members (excludes halogenated alkanes) is 28. The second-order valence-corrected chi connectivity index (χ2v) is 15.3. The van der Waals surface area contributed by atoms with E-state index in [1.807, 2.05) is 0 Å². The summed E-state index contributed by atoms with van der Waals surface area (Å²) in [5, 5.41) is 0. The molecule has 0 heterocycles. The molecule has 0 aromatic rings. The SMILES string of the molecule is CCCCCC/C=C\CCCCCCCC(=O)OC(COC(=O)CCCCCCC)COC(=O)CCCCCCCCCCCCCCCCCC. The Labute approximate surface area is 322 Å². The van der Waals surface area contributed by atoms with E-state index in [1.165, 1.54) is 135 Å². The van der Waals surface area contributed by atoms with Crippen LogP contribution in [0.3, 0.4) is 0 Å². The van der Waals surface area contributed by atoms with E-state index < -0.39 is 6.10 Å². The molecule has 0 aromatic carbocycles. The van der Waals surface area contributed by atoms with E-state index in [0.717, 1.165) is 70.6 Å². The van der Waals surface area contributed by atoms with Crippen LogP contribution in [0.1, 0.15) is 245 Å². The van der Waals surface area contributed by atoms with Gasteiger partial charge in [0.05, 0.1) is 0 Å². The second kappa shape index (κ2) is 41.9. The molecule has 0 saturated heterocycles. The monoisotopic (exact) mass is 735 g/mol. The van der Waals surface area contributed by atoms with Gasteiger partial charge in [0.1, 0.15) is 13.2 Å². The highest BCUT2D eigenvalue weighted by Gasteiger charge is 2.19. The zero-order valence-corrected chi connectivity index (χ0v) is 34.8. The molecule has 0 spiro atoms. The van der Waals surface area contributed by atoms with Crippen molar-refractivity contribution in [3.05, 3.63) is 12.2 Å². The lowest BCUT2D eigenvalue weighted by molar-refractivity contribution is -0.167. The molecule has 0 bridgehead atoms. The molecule has 0 rings (SSSR count). The molecule has 1 unspecified atom stereocenters. The Kier molecular flexibility index (Phi) is 40.4. The number of hydrogen-bond acceptors (Lipinski definition) is 6. The molecule has 1 atom stereocenters. The van der Waals surface area contributed by atoms with E-state index in [4.69, 9.17) is 14.2 Å². The van der Waals surface area contributed by atoms with Crippen molar-refractivity contribution in [2.75, 3.05) is 13.2 Å². The molecule has 0 aromatic heterocycles. The van der Waals surface area contributed by atoms with Crippen molar-refractivity contribution >= 4 is 17.9 Å². The first-order chi connectivity index (χ1) is 25.5. The highest BCUT2D eigenvalue weighted by atomic mass is 16.6. The van der Waals surface area contributed by atoms with E-state index in [9.17, 15) is 14.4 Å². The summed E-state index contributed by atoms with van der Waals surface area (Å²) in [7, 11) is 0. The predicted molar refractivity (Wildman–Crippen MR) is 220 cm³/mol. The van der Waals surface area contributed by atoms with Crippen LogP contribution < -0.4 is 0 Å². The molecular formula is C46H86O6. The van der Waals surface area contributed by atoms with Gasteiger partial charge in [0.15, 0.2) is 6.10 Å². The molecule has 6 nitrogen and oxygen atoms in total. The summed E-state index contributed by atoms with van der Waals surface area (Å²) < 4.78 is 16.6. The summed E-state index contributed by atoms with van der Waals surface area (Å²) in [4.78, 5) is 37.4. The Hall–Kier alpha value is -1.85. The first-order valence-corrected chi connectivity index (χ1v) is 22.7. The van der Waals surface area contributed by atoms with E-state index in [1.54, 1.807) is 0 Å². The number of ether oxygens (including phenoxy) is 3. The topological polar surface area (TPSA) is 78.9 Å². The number of hydrogen-bond donors (Lipinski definition) is 0. The third-order valence-electron chi connectivity index (χ3n) is 10.0. The Bertz CT molecular complexity index is 809. The van der Waals surface area contributed by atoms with Crippen molar-refractivity contribution < 1.29 is 28.6 Å². The molecule has 0 aliphatic heterocycles. The number of rotatable bonds is 41. The minimum absolute atomic E-state index is 0.0701. The smallest absolute Gasteiger partial charge is 0.306 e. The molecule has 0 saturated carbocycles. The van der Waals surface area contributed by atoms with Gasteiger partial charge in [0.25, 0.3) is 0 Å². The average molecular weight is 735 g/mol. The van der Waals surface area contributed by atoms with Gasteiger partial charge in [-0.15, -0.1) is 0 Å². The van der Waals surface area contributed by atoms with Gasteiger partial charge < -0.3 is 14.2 Å². The fraction of sp³-hybridized carbons (Fsp3) is 0.891. The molecule has 0 N–H and O–H groups in total. The summed E-state index contributed by atoms with van der Waals surface area (Å²) in [6.07, 6.45) is 43.6. The second-order valence-electron chi connectivity index (χ2n) is 15.3. The molecule has 306 valence electrons. The van der Waals surface area contributed by atoms with Crippen molar-refractivity contribution in [2.45, 2.75) is 252 Å².